The number of nitrogens with zero attached hydrogens (tertiary/aromatic N) is 1. The van der Waals surface area contributed by atoms with E-state index >= 15 is 0 Å². The summed E-state index contributed by atoms with van der Waals surface area (Å²) in [5, 5.41) is 11.6. The van der Waals surface area contributed by atoms with Crippen molar-refractivity contribution in [2.24, 2.45) is 5.89 Å². The SMILES string of the molecule is [2H]C([2H])([2H])N(C[C@]1([2H])CCCC([2H])([2H])[C@@]1(O)c1cccc(OC)c1)C([2H])([2H])[2H]. The Bertz CT molecular complexity index is 692. The Morgan fingerprint density at radius 1 is 1.58 bits per heavy atom. The predicted octanol–water partition coefficient (Wildman–Crippen LogP) is 2.63. The van der Waals surface area contributed by atoms with Gasteiger partial charge in [0.15, 0.2) is 0 Å². The van der Waals surface area contributed by atoms with E-state index in [4.69, 9.17) is 17.1 Å². The molecule has 0 spiro atoms. The molecule has 1 aliphatic carbocycles. The Hall–Kier alpha value is -1.06. The summed E-state index contributed by atoms with van der Waals surface area (Å²) < 4.78 is 76.3. The lowest BCUT2D eigenvalue weighted by atomic mass is 9.71. The van der Waals surface area contributed by atoms with Gasteiger partial charge in [-0.25, -0.2) is 0 Å². The van der Waals surface area contributed by atoms with E-state index < -0.39 is 38.4 Å². The van der Waals surface area contributed by atoms with Crippen LogP contribution in [0.15, 0.2) is 24.3 Å². The van der Waals surface area contributed by atoms with Crippen molar-refractivity contribution in [1.29, 1.82) is 0 Å². The van der Waals surface area contributed by atoms with Crippen LogP contribution in [0, 0.1) is 5.89 Å². The normalized spacial score (nSPS) is 42.4. The van der Waals surface area contributed by atoms with Gasteiger partial charge in [-0.05, 0) is 44.4 Å². The highest BCUT2D eigenvalue weighted by Crippen LogP contribution is 2.42. The summed E-state index contributed by atoms with van der Waals surface area (Å²) in [6.07, 6.45) is -2.20. The van der Waals surface area contributed by atoms with Gasteiger partial charge in [-0.2, -0.15) is 0 Å². The summed E-state index contributed by atoms with van der Waals surface area (Å²) >= 11 is 0. The lowest BCUT2D eigenvalue weighted by Gasteiger charge is -2.41. The third kappa shape index (κ3) is 3.10. The first-order chi connectivity index (χ1) is 12.6. The van der Waals surface area contributed by atoms with Crippen molar-refractivity contribution in [2.75, 3.05) is 27.6 Å². The van der Waals surface area contributed by atoms with Crippen LogP contribution in [0.4, 0.5) is 0 Å². The van der Waals surface area contributed by atoms with Crippen LogP contribution in [-0.4, -0.2) is 37.6 Å². The second-order valence-corrected chi connectivity index (χ2v) is 4.66. The molecule has 1 N–H and O–H groups in total. The predicted molar refractivity (Wildman–Crippen MR) is 77.4 cm³/mol. The van der Waals surface area contributed by atoms with Crippen molar-refractivity contribution in [1.82, 2.24) is 4.90 Å². The topological polar surface area (TPSA) is 32.7 Å². The first-order valence-corrected chi connectivity index (χ1v) is 6.23. The Morgan fingerprint density at radius 2 is 2.42 bits per heavy atom. The number of hydrogen-bond acceptors (Lipinski definition) is 3. The van der Waals surface area contributed by atoms with Crippen LogP contribution in [0.2, 0.25) is 0 Å². The molecule has 1 aromatic carbocycles. The minimum absolute atomic E-state index is 0.0441. The van der Waals surface area contributed by atoms with Crippen molar-refractivity contribution in [3.8, 4) is 5.75 Å². The van der Waals surface area contributed by atoms with Crippen LogP contribution in [0.5, 0.6) is 5.75 Å². The molecule has 1 fully saturated rings. The molecule has 0 heterocycles. The fraction of sp³-hybridized carbons (Fsp3) is 0.625. The summed E-state index contributed by atoms with van der Waals surface area (Å²) in [6.45, 7) is -6.94. The molecule has 0 bridgehead atoms. The number of hydrogen-bond donors (Lipinski definition) is 1. The van der Waals surface area contributed by atoms with Crippen LogP contribution in [0.1, 0.15) is 43.5 Å². The van der Waals surface area contributed by atoms with Crippen LogP contribution >= 0.6 is 0 Å². The maximum atomic E-state index is 11.6. The molecule has 0 aromatic heterocycles. The van der Waals surface area contributed by atoms with Crippen LogP contribution in [0.25, 0.3) is 0 Å². The molecule has 1 saturated carbocycles. The fourth-order valence-corrected chi connectivity index (χ4v) is 2.42. The Morgan fingerprint density at radius 3 is 3.16 bits per heavy atom. The van der Waals surface area contributed by atoms with Gasteiger partial charge in [0.05, 0.1) is 12.7 Å². The molecular formula is C16H25NO2. The summed E-state index contributed by atoms with van der Waals surface area (Å²) in [6, 6.07) is 5.95. The zero-order valence-electron chi connectivity index (χ0n) is 19.9. The average molecular weight is 272 g/mol. The molecule has 0 aliphatic heterocycles. The van der Waals surface area contributed by atoms with Crippen molar-refractivity contribution in [2.45, 2.75) is 31.2 Å². The van der Waals surface area contributed by atoms with Gasteiger partial charge in [-0.1, -0.05) is 25.0 Å². The van der Waals surface area contributed by atoms with Crippen molar-refractivity contribution < 1.29 is 22.2 Å². The second-order valence-electron chi connectivity index (χ2n) is 4.66. The number of ether oxygens (including phenoxy) is 1. The Kier molecular flexibility index (Phi) is 2.06. The first-order valence-electron chi connectivity index (χ1n) is 10.7. The second kappa shape index (κ2) is 5.93. The highest BCUT2D eigenvalue weighted by Gasteiger charge is 2.40. The maximum Gasteiger partial charge on any atom is 0.119 e. The molecule has 2 rings (SSSR count). The molecule has 0 unspecified atom stereocenters. The van der Waals surface area contributed by atoms with E-state index in [9.17, 15) is 5.11 Å². The number of aliphatic hydroxyl groups is 1. The number of rotatable bonds is 4. The maximum absolute atomic E-state index is 11.6. The van der Waals surface area contributed by atoms with E-state index in [0.29, 0.717) is 5.75 Å². The zero-order valence-corrected chi connectivity index (χ0v) is 10.9. The van der Waals surface area contributed by atoms with Gasteiger partial charge in [0.25, 0.3) is 0 Å². The van der Waals surface area contributed by atoms with Crippen molar-refractivity contribution in [3.63, 3.8) is 0 Å². The van der Waals surface area contributed by atoms with E-state index in [2.05, 4.69) is 0 Å². The van der Waals surface area contributed by atoms with E-state index in [1.807, 2.05) is 0 Å². The van der Waals surface area contributed by atoms with E-state index in [-0.39, 0.29) is 29.7 Å². The van der Waals surface area contributed by atoms with Crippen molar-refractivity contribution in [3.05, 3.63) is 29.8 Å². The van der Waals surface area contributed by atoms with Gasteiger partial charge in [-0.15, -0.1) is 0 Å². The summed E-state index contributed by atoms with van der Waals surface area (Å²) in [7, 11) is 1.40. The molecule has 106 valence electrons. The van der Waals surface area contributed by atoms with E-state index in [1.165, 1.54) is 25.3 Å². The van der Waals surface area contributed by atoms with Crippen LogP contribution in [-0.2, 0) is 5.60 Å². The van der Waals surface area contributed by atoms with Gasteiger partial charge in [0.1, 0.15) is 5.75 Å². The molecule has 1 aromatic rings. The Labute approximate surface area is 128 Å². The molecule has 0 saturated heterocycles. The van der Waals surface area contributed by atoms with Gasteiger partial charge >= 0.3 is 0 Å². The lowest BCUT2D eigenvalue weighted by molar-refractivity contribution is -0.0619. The number of methoxy groups -OCH3 is 1. The summed E-state index contributed by atoms with van der Waals surface area (Å²) in [4.78, 5) is 0.208. The quantitative estimate of drug-likeness (QED) is 0.914. The van der Waals surface area contributed by atoms with E-state index in [0.717, 1.165) is 0 Å². The lowest BCUT2D eigenvalue weighted by Crippen LogP contribution is -2.43. The van der Waals surface area contributed by atoms with Crippen LogP contribution < -0.4 is 4.74 Å². The molecule has 3 heteroatoms. The van der Waals surface area contributed by atoms with Gasteiger partial charge in [0.2, 0.25) is 0 Å². The summed E-state index contributed by atoms with van der Waals surface area (Å²) in [5.41, 5.74) is -2.40. The minimum atomic E-state index is -3.04. The minimum Gasteiger partial charge on any atom is -0.497 e. The van der Waals surface area contributed by atoms with Crippen LogP contribution in [0.3, 0.4) is 0 Å². The largest absolute Gasteiger partial charge is 0.497 e. The molecule has 1 aliphatic rings. The number of benzene rings is 1. The first kappa shape index (κ1) is 6.59. The molecular weight excluding hydrogens is 238 g/mol. The molecule has 2 atom stereocenters. The monoisotopic (exact) mass is 272 g/mol. The van der Waals surface area contributed by atoms with E-state index in [1.54, 1.807) is 6.07 Å². The smallest absolute Gasteiger partial charge is 0.119 e. The third-order valence-electron chi connectivity index (χ3n) is 3.38. The standard InChI is InChI=1S/C16H25NO2/c1-17(2)12-14-7-4-5-10-16(14,18)13-8-6-9-15(11-13)19-3/h6,8-9,11,14,18H,4-5,7,10,12H2,1-3H3/t14-,16+/m0/s1/i1D3,2D3,10D2,14D. The summed E-state index contributed by atoms with van der Waals surface area (Å²) in [5.74, 6) is -1.79. The fourth-order valence-electron chi connectivity index (χ4n) is 2.42. The zero-order chi connectivity index (χ0) is 21.6. The molecule has 19 heavy (non-hydrogen) atoms. The molecule has 0 radical (unpaired) electrons. The molecule has 0 amide bonds. The average Bonchev–Trinajstić information content (AvgIpc) is 2.55. The Balaban J connectivity index is 2.64. The highest BCUT2D eigenvalue weighted by atomic mass is 16.5. The highest BCUT2D eigenvalue weighted by molar-refractivity contribution is 5.33. The molecule has 3 nitrogen and oxygen atoms in total. The van der Waals surface area contributed by atoms with Gasteiger partial charge in [-0.3, -0.25) is 0 Å². The third-order valence-corrected chi connectivity index (χ3v) is 3.38. The van der Waals surface area contributed by atoms with Gasteiger partial charge in [0, 0.05) is 24.8 Å². The van der Waals surface area contributed by atoms with Crippen molar-refractivity contribution >= 4 is 0 Å². The van der Waals surface area contributed by atoms with Gasteiger partial charge < -0.3 is 14.7 Å².